The average molecular weight is 380 g/mol. The number of aliphatic imine (C=N–C) groups is 1. The summed E-state index contributed by atoms with van der Waals surface area (Å²) in [6, 6.07) is 5.00. The van der Waals surface area contributed by atoms with Crippen molar-refractivity contribution in [2.45, 2.75) is 36.6 Å². The van der Waals surface area contributed by atoms with Crippen LogP contribution >= 0.6 is 11.8 Å². The van der Waals surface area contributed by atoms with Gasteiger partial charge in [0.1, 0.15) is 12.4 Å². The van der Waals surface area contributed by atoms with E-state index in [1.165, 1.54) is 11.8 Å². The molecule has 0 aliphatic rings. The van der Waals surface area contributed by atoms with E-state index in [0.717, 1.165) is 18.6 Å². The maximum Gasteiger partial charge on any atom is 0.326 e. The van der Waals surface area contributed by atoms with Gasteiger partial charge < -0.3 is 16.8 Å². The van der Waals surface area contributed by atoms with Crippen molar-refractivity contribution in [2.75, 3.05) is 17.6 Å². The molecule has 0 aromatic carbocycles. The Morgan fingerprint density at radius 2 is 2.04 bits per heavy atom. The summed E-state index contributed by atoms with van der Waals surface area (Å²) in [4.78, 5) is 7.43. The number of pyridine rings is 1. The fourth-order valence-electron chi connectivity index (χ4n) is 1.59. The first-order valence-electron chi connectivity index (χ1n) is 7.36. The molecular weight excluding hydrogens is 360 g/mol. The summed E-state index contributed by atoms with van der Waals surface area (Å²) in [5, 5.41) is 10.3. The number of amidine groups is 1. The van der Waals surface area contributed by atoms with Gasteiger partial charge in [0, 0.05) is 6.42 Å². The molecule has 1 rings (SSSR count). The van der Waals surface area contributed by atoms with Crippen LogP contribution in [0.15, 0.2) is 28.2 Å². The summed E-state index contributed by atoms with van der Waals surface area (Å²) in [7, 11) is 0. The highest BCUT2D eigenvalue weighted by Crippen LogP contribution is 2.23. The number of aromatic nitrogens is 1. The lowest BCUT2D eigenvalue weighted by Gasteiger charge is -2.13. The van der Waals surface area contributed by atoms with E-state index >= 15 is 0 Å². The first kappa shape index (κ1) is 21.0. The number of halogens is 4. The number of nitrogens with zero attached hydrogens (tertiary/aromatic N) is 2. The number of hydrogen-bond acceptors (Lipinski definition) is 4. The van der Waals surface area contributed by atoms with Crippen molar-refractivity contribution in [1.29, 1.82) is 5.41 Å². The number of hydrogen-bond donors (Lipinski definition) is 4. The molecule has 0 spiro atoms. The molecule has 0 unspecified atom stereocenters. The van der Waals surface area contributed by atoms with Crippen molar-refractivity contribution in [3.63, 3.8) is 0 Å². The van der Waals surface area contributed by atoms with E-state index in [1.54, 1.807) is 18.2 Å². The van der Waals surface area contributed by atoms with Crippen LogP contribution in [0.3, 0.4) is 0 Å². The molecule has 0 atom stereocenters. The average Bonchev–Trinajstić information content (AvgIpc) is 2.52. The molecule has 140 valence electrons. The molecule has 6 nitrogen and oxygen atoms in total. The Labute approximate surface area is 147 Å². The van der Waals surface area contributed by atoms with E-state index in [9.17, 15) is 17.6 Å². The first-order valence-corrected chi connectivity index (χ1v) is 8.35. The summed E-state index contributed by atoms with van der Waals surface area (Å²) in [6.45, 7) is -1.41. The van der Waals surface area contributed by atoms with Gasteiger partial charge in [0.25, 0.3) is 0 Å². The molecule has 1 aromatic rings. The normalized spacial score (nSPS) is 12.4. The zero-order chi connectivity index (χ0) is 18.9. The van der Waals surface area contributed by atoms with Crippen LogP contribution in [0.1, 0.15) is 19.3 Å². The van der Waals surface area contributed by atoms with Gasteiger partial charge in [-0.2, -0.15) is 8.78 Å². The topological polar surface area (TPSA) is 113 Å². The molecule has 11 heteroatoms. The van der Waals surface area contributed by atoms with E-state index in [0.29, 0.717) is 11.4 Å². The van der Waals surface area contributed by atoms with Crippen molar-refractivity contribution in [2.24, 2.45) is 16.5 Å². The van der Waals surface area contributed by atoms with E-state index in [2.05, 4.69) is 15.3 Å². The Morgan fingerprint density at radius 3 is 2.68 bits per heavy atom. The van der Waals surface area contributed by atoms with Crippen LogP contribution in [0.4, 0.5) is 23.4 Å². The number of guanidine groups is 1. The third-order valence-electron chi connectivity index (χ3n) is 2.85. The molecule has 0 amide bonds. The zero-order valence-corrected chi connectivity index (χ0v) is 14.1. The lowest BCUT2D eigenvalue weighted by atomic mass is 10.2. The van der Waals surface area contributed by atoms with Crippen LogP contribution in [0, 0.1) is 5.41 Å². The van der Waals surface area contributed by atoms with Crippen molar-refractivity contribution in [1.82, 2.24) is 4.98 Å². The van der Waals surface area contributed by atoms with Crippen molar-refractivity contribution in [3.8, 4) is 0 Å². The van der Waals surface area contributed by atoms with Gasteiger partial charge >= 0.3 is 12.3 Å². The summed E-state index contributed by atoms with van der Waals surface area (Å²) in [6.07, 6.45) is -1.59. The summed E-state index contributed by atoms with van der Waals surface area (Å²) >= 11 is 1.47. The maximum atomic E-state index is 12.8. The quantitative estimate of drug-likeness (QED) is 0.164. The van der Waals surface area contributed by atoms with Crippen LogP contribution in [0.25, 0.3) is 0 Å². The first-order chi connectivity index (χ1) is 11.7. The van der Waals surface area contributed by atoms with Gasteiger partial charge in [-0.05, 0) is 30.7 Å². The number of alkyl halides is 4. The Balaban J connectivity index is 2.50. The molecule has 0 radical (unpaired) electrons. The van der Waals surface area contributed by atoms with E-state index in [-0.39, 0.29) is 11.7 Å². The van der Waals surface area contributed by atoms with Crippen molar-refractivity contribution < 1.29 is 17.6 Å². The van der Waals surface area contributed by atoms with Crippen LogP contribution in [-0.2, 0) is 0 Å². The lowest BCUT2D eigenvalue weighted by molar-refractivity contribution is -0.119. The smallest absolute Gasteiger partial charge is 0.326 e. The van der Waals surface area contributed by atoms with Gasteiger partial charge in [0.15, 0.2) is 5.96 Å². The number of unbranched alkanes of at least 4 members (excludes halogenated alkanes) is 1. The fourth-order valence-corrected chi connectivity index (χ4v) is 2.48. The Bertz CT molecular complexity index is 596. The van der Waals surface area contributed by atoms with E-state index < -0.39 is 24.9 Å². The Morgan fingerprint density at radius 1 is 1.32 bits per heavy atom. The minimum atomic E-state index is -4.22. The number of thioether (sulfide) groups is 1. The number of anilines is 1. The molecule has 0 saturated carbocycles. The molecule has 25 heavy (non-hydrogen) atoms. The fraction of sp³-hybridized carbons (Fsp3) is 0.500. The van der Waals surface area contributed by atoms with Gasteiger partial charge in [-0.3, -0.25) is 5.41 Å². The second-order valence-electron chi connectivity index (χ2n) is 5.08. The van der Waals surface area contributed by atoms with Crippen molar-refractivity contribution >= 4 is 29.4 Å². The van der Waals surface area contributed by atoms with Crippen molar-refractivity contribution in [3.05, 3.63) is 18.2 Å². The van der Waals surface area contributed by atoms with Gasteiger partial charge in [0.2, 0.25) is 0 Å². The number of rotatable bonds is 10. The molecule has 0 saturated heterocycles. The summed E-state index contributed by atoms with van der Waals surface area (Å²) in [5.74, 6) is -3.45. The summed E-state index contributed by atoms with van der Waals surface area (Å²) < 4.78 is 49.7. The highest BCUT2D eigenvalue weighted by atomic mass is 32.2. The predicted molar refractivity (Wildman–Crippen MR) is 91.8 cm³/mol. The molecule has 0 aliphatic carbocycles. The predicted octanol–water partition coefficient (Wildman–Crippen LogP) is 2.91. The van der Waals surface area contributed by atoms with Gasteiger partial charge in [0.05, 0.1) is 10.9 Å². The van der Waals surface area contributed by atoms with Gasteiger partial charge in [-0.15, -0.1) is 11.8 Å². The van der Waals surface area contributed by atoms with Crippen LogP contribution in [0.2, 0.25) is 0 Å². The Hall–Kier alpha value is -2.04. The SMILES string of the molecule is N=C(N)CCCCSc1cccc(NC(N)=NCC(F)(F)C(F)F)n1. The minimum absolute atomic E-state index is 0.154. The highest BCUT2D eigenvalue weighted by Gasteiger charge is 2.40. The molecule has 0 fully saturated rings. The highest BCUT2D eigenvalue weighted by molar-refractivity contribution is 7.99. The second kappa shape index (κ2) is 10.1. The molecule has 0 aliphatic heterocycles. The monoisotopic (exact) mass is 380 g/mol. The standard InChI is InChI=1S/C14H20F4N6S/c15-12(16)14(17,18)8-22-13(21)24-10-5-3-6-11(23-10)25-7-2-1-4-9(19)20/h3,5-6,12H,1-2,4,7-8H2,(H3,19,20)(H3,21,22,23,24). The van der Waals surface area contributed by atoms with E-state index in [4.69, 9.17) is 16.9 Å². The molecule has 1 heterocycles. The third-order valence-corrected chi connectivity index (χ3v) is 3.87. The zero-order valence-electron chi connectivity index (χ0n) is 13.3. The number of nitrogens with one attached hydrogen (secondary N) is 2. The van der Waals surface area contributed by atoms with Gasteiger partial charge in [-0.1, -0.05) is 6.07 Å². The van der Waals surface area contributed by atoms with Crippen LogP contribution in [-0.4, -0.2) is 41.4 Å². The minimum Gasteiger partial charge on any atom is -0.388 e. The van der Waals surface area contributed by atoms with Crippen LogP contribution in [0.5, 0.6) is 0 Å². The van der Waals surface area contributed by atoms with E-state index in [1.807, 2.05) is 0 Å². The lowest BCUT2D eigenvalue weighted by Crippen LogP contribution is -2.33. The maximum absolute atomic E-state index is 12.8. The summed E-state index contributed by atoms with van der Waals surface area (Å²) in [5.41, 5.74) is 10.7. The molecular formula is C14H20F4N6S. The molecule has 6 N–H and O–H groups in total. The third kappa shape index (κ3) is 8.57. The van der Waals surface area contributed by atoms with Crippen LogP contribution < -0.4 is 16.8 Å². The Kier molecular flexibility index (Phi) is 8.46. The van der Waals surface area contributed by atoms with Gasteiger partial charge in [-0.25, -0.2) is 18.8 Å². The second-order valence-corrected chi connectivity index (χ2v) is 6.20. The molecule has 1 aromatic heterocycles. The largest absolute Gasteiger partial charge is 0.388 e. The molecule has 0 bridgehead atoms. The number of nitrogens with two attached hydrogens (primary N) is 2.